The van der Waals surface area contributed by atoms with Crippen molar-refractivity contribution in [2.24, 2.45) is 0 Å². The highest BCUT2D eigenvalue weighted by Gasteiger charge is 2.12. The van der Waals surface area contributed by atoms with Crippen LogP contribution >= 0.6 is 0 Å². The van der Waals surface area contributed by atoms with Gasteiger partial charge in [-0.15, -0.1) is 0 Å². The molecule has 0 saturated heterocycles. The topological polar surface area (TPSA) is 12.9 Å². The van der Waals surface area contributed by atoms with Crippen molar-refractivity contribution >= 4 is 21.5 Å². The van der Waals surface area contributed by atoms with E-state index in [1.54, 1.807) is 0 Å². The van der Waals surface area contributed by atoms with E-state index in [0.717, 1.165) is 28.1 Å². The average molecular weight is 588 g/mol. The molecule has 46 heavy (non-hydrogen) atoms. The molecule has 0 aliphatic rings. The molecule has 0 atom stereocenters. The van der Waals surface area contributed by atoms with Crippen molar-refractivity contribution in [2.75, 3.05) is 0 Å². The molecular weight excluding hydrogens is 555 g/mol. The highest BCUT2D eigenvalue weighted by Crippen LogP contribution is 2.37. The van der Waals surface area contributed by atoms with Gasteiger partial charge in [-0.25, -0.2) is 4.98 Å². The summed E-state index contributed by atoms with van der Waals surface area (Å²) in [5.74, 6) is 0. The van der Waals surface area contributed by atoms with Gasteiger partial charge in [0.25, 0.3) is 0 Å². The summed E-state index contributed by atoms with van der Waals surface area (Å²) in [6, 6.07) is 59.1. The summed E-state index contributed by atoms with van der Waals surface area (Å²) in [6.45, 7) is 4.32. The molecule has 0 spiro atoms. The molecule has 0 unspecified atom stereocenters. The molecule has 0 amide bonds. The van der Waals surface area contributed by atoms with Crippen LogP contribution in [0.25, 0.3) is 77.4 Å². The minimum absolute atomic E-state index is 0.966. The van der Waals surface area contributed by atoms with Crippen molar-refractivity contribution in [1.82, 2.24) is 4.98 Å². The van der Waals surface area contributed by atoms with Crippen molar-refractivity contribution in [3.05, 3.63) is 175 Å². The second kappa shape index (κ2) is 11.6. The Morgan fingerprint density at radius 1 is 0.348 bits per heavy atom. The van der Waals surface area contributed by atoms with Crippen LogP contribution in [0.1, 0.15) is 11.1 Å². The lowest BCUT2D eigenvalue weighted by Crippen LogP contribution is -1.92. The minimum atomic E-state index is 0.966. The Kier molecular flexibility index (Phi) is 7.00. The van der Waals surface area contributed by atoms with Crippen molar-refractivity contribution < 1.29 is 0 Å². The van der Waals surface area contributed by atoms with Crippen LogP contribution in [0.2, 0.25) is 0 Å². The fraction of sp³-hybridized carbons (Fsp3) is 0.0444. The summed E-state index contributed by atoms with van der Waals surface area (Å²) in [7, 11) is 0. The van der Waals surface area contributed by atoms with Gasteiger partial charge in [0.15, 0.2) is 0 Å². The number of fused-ring (bicyclic) bond motifs is 3. The maximum absolute atomic E-state index is 5.16. The summed E-state index contributed by atoms with van der Waals surface area (Å²) in [5.41, 5.74) is 14.0. The number of benzene rings is 7. The molecule has 1 heteroatoms. The van der Waals surface area contributed by atoms with E-state index in [-0.39, 0.29) is 0 Å². The van der Waals surface area contributed by atoms with Crippen molar-refractivity contribution in [1.29, 1.82) is 0 Å². The van der Waals surface area contributed by atoms with Gasteiger partial charge < -0.3 is 0 Å². The zero-order valence-electron chi connectivity index (χ0n) is 26.0. The zero-order chi connectivity index (χ0) is 31.0. The van der Waals surface area contributed by atoms with Gasteiger partial charge in [-0.1, -0.05) is 151 Å². The first-order valence-electron chi connectivity index (χ1n) is 15.9. The Labute approximate surface area is 270 Å². The average Bonchev–Trinajstić information content (AvgIpc) is 3.12. The zero-order valence-corrected chi connectivity index (χ0v) is 26.0. The predicted octanol–water partition coefficient (Wildman–Crippen LogP) is 12.3. The van der Waals surface area contributed by atoms with E-state index >= 15 is 0 Å². The number of aromatic nitrogens is 1. The lowest BCUT2D eigenvalue weighted by atomic mass is 9.92. The largest absolute Gasteiger partial charge is 0.248 e. The molecule has 8 rings (SSSR count). The van der Waals surface area contributed by atoms with Crippen LogP contribution in [0.3, 0.4) is 0 Å². The number of rotatable bonds is 5. The van der Waals surface area contributed by atoms with Gasteiger partial charge in [-0.3, -0.25) is 0 Å². The normalized spacial score (nSPS) is 11.3. The van der Waals surface area contributed by atoms with Crippen LogP contribution in [0, 0.1) is 13.8 Å². The smallest absolute Gasteiger partial charge is 0.0715 e. The lowest BCUT2D eigenvalue weighted by Gasteiger charge is -2.13. The molecule has 0 bridgehead atoms. The van der Waals surface area contributed by atoms with Gasteiger partial charge in [-0.2, -0.15) is 0 Å². The summed E-state index contributed by atoms with van der Waals surface area (Å²) in [5, 5.41) is 5.11. The van der Waals surface area contributed by atoms with E-state index in [4.69, 9.17) is 4.98 Å². The van der Waals surface area contributed by atoms with E-state index in [2.05, 4.69) is 178 Å². The third kappa shape index (κ3) is 5.16. The van der Waals surface area contributed by atoms with Gasteiger partial charge in [-0.05, 0) is 92.5 Å². The quantitative estimate of drug-likeness (QED) is 0.183. The van der Waals surface area contributed by atoms with E-state index in [0.29, 0.717) is 0 Å². The fourth-order valence-electron chi connectivity index (χ4n) is 6.60. The van der Waals surface area contributed by atoms with Crippen LogP contribution in [0.15, 0.2) is 164 Å². The van der Waals surface area contributed by atoms with Crippen molar-refractivity contribution in [3.8, 4) is 55.9 Å². The Morgan fingerprint density at radius 2 is 0.891 bits per heavy atom. The second-order valence-corrected chi connectivity index (χ2v) is 12.2. The Morgan fingerprint density at radius 3 is 1.61 bits per heavy atom. The van der Waals surface area contributed by atoms with E-state index in [9.17, 15) is 0 Å². The van der Waals surface area contributed by atoms with Gasteiger partial charge in [0, 0.05) is 11.1 Å². The maximum atomic E-state index is 5.16. The molecule has 1 nitrogen and oxygen atoms in total. The second-order valence-electron chi connectivity index (χ2n) is 12.2. The molecule has 7 aromatic carbocycles. The number of pyridine rings is 1. The number of aryl methyl sites for hydroxylation is 2. The summed E-state index contributed by atoms with van der Waals surface area (Å²) >= 11 is 0. The molecule has 8 aromatic rings. The Bertz CT molecular complexity index is 2350. The first kappa shape index (κ1) is 27.7. The van der Waals surface area contributed by atoms with E-state index in [1.807, 2.05) is 0 Å². The first-order valence-corrected chi connectivity index (χ1v) is 15.9. The monoisotopic (exact) mass is 587 g/mol. The summed E-state index contributed by atoms with van der Waals surface area (Å²) < 4.78 is 0. The van der Waals surface area contributed by atoms with Crippen molar-refractivity contribution in [2.45, 2.75) is 13.8 Å². The molecule has 218 valence electrons. The van der Waals surface area contributed by atoms with Crippen LogP contribution < -0.4 is 0 Å². The molecule has 0 aliphatic carbocycles. The van der Waals surface area contributed by atoms with Crippen LogP contribution in [0.4, 0.5) is 0 Å². The molecule has 0 aliphatic heterocycles. The number of hydrogen-bond donors (Lipinski definition) is 0. The van der Waals surface area contributed by atoms with Crippen LogP contribution in [0.5, 0.6) is 0 Å². The first-order chi connectivity index (χ1) is 22.6. The molecule has 0 saturated carbocycles. The van der Waals surface area contributed by atoms with Gasteiger partial charge >= 0.3 is 0 Å². The molecule has 1 heterocycles. The highest BCUT2D eigenvalue weighted by atomic mass is 14.7. The molecule has 0 N–H and O–H groups in total. The third-order valence-electron chi connectivity index (χ3n) is 9.08. The van der Waals surface area contributed by atoms with E-state index < -0.39 is 0 Å². The Balaban J connectivity index is 1.21. The van der Waals surface area contributed by atoms with E-state index in [1.165, 1.54) is 60.5 Å². The summed E-state index contributed by atoms with van der Waals surface area (Å²) in [6.07, 6.45) is 0. The fourth-order valence-corrected chi connectivity index (χ4v) is 6.60. The lowest BCUT2D eigenvalue weighted by molar-refractivity contribution is 1.32. The van der Waals surface area contributed by atoms with Crippen LogP contribution in [-0.4, -0.2) is 4.98 Å². The molecule has 0 fully saturated rings. The van der Waals surface area contributed by atoms with Gasteiger partial charge in [0.05, 0.1) is 11.4 Å². The van der Waals surface area contributed by atoms with Gasteiger partial charge in [0.1, 0.15) is 0 Å². The maximum Gasteiger partial charge on any atom is 0.0715 e. The summed E-state index contributed by atoms with van der Waals surface area (Å²) in [4.78, 5) is 5.16. The predicted molar refractivity (Wildman–Crippen MR) is 196 cm³/mol. The highest BCUT2D eigenvalue weighted by molar-refractivity contribution is 6.13. The van der Waals surface area contributed by atoms with Crippen molar-refractivity contribution in [3.63, 3.8) is 0 Å². The SMILES string of the molecule is Cc1ccc(C)c(-c2ccc(-c3cc(-c4ccc(-c5cc6ccccc6c6ccccc56)cc4)cc(-c4ccccc4)n3)cc2)c1. The molecule has 1 aromatic heterocycles. The Hall–Kier alpha value is -5.79. The van der Waals surface area contributed by atoms with Gasteiger partial charge in [0.2, 0.25) is 0 Å². The number of hydrogen-bond acceptors (Lipinski definition) is 1. The minimum Gasteiger partial charge on any atom is -0.248 e. The molecule has 0 radical (unpaired) electrons. The van der Waals surface area contributed by atoms with Crippen LogP contribution in [-0.2, 0) is 0 Å². The standard InChI is InChI=1S/C45H33N/c1-30-16-17-31(2)42(26-30)33-22-24-36(25-23-33)45-29-38(28-44(46-45)35-10-4-3-5-11-35)32-18-20-34(21-19-32)43-27-37-12-6-7-13-39(37)40-14-8-9-15-41(40)43/h3-29H,1-2H3. The third-order valence-corrected chi connectivity index (χ3v) is 9.08. The number of nitrogens with zero attached hydrogens (tertiary/aromatic N) is 1. The molecular formula is C45H33N.